The number of nitrogen functional groups attached to an aromatic ring is 1. The van der Waals surface area contributed by atoms with Crippen molar-refractivity contribution in [3.63, 3.8) is 0 Å². The number of nitrogens with two attached hydrogens (primary N) is 1. The van der Waals surface area contributed by atoms with Crippen LogP contribution in [0.5, 0.6) is 0 Å². The Morgan fingerprint density at radius 3 is 2.30 bits per heavy atom. The van der Waals surface area contributed by atoms with Crippen LogP contribution in [0.25, 0.3) is 0 Å². The number of hydrogen-bond donors (Lipinski definition) is 1. The largest absolute Gasteiger partial charge is 0.397 e. The van der Waals surface area contributed by atoms with E-state index in [-0.39, 0.29) is 5.41 Å². The van der Waals surface area contributed by atoms with E-state index in [0.717, 1.165) is 11.4 Å². The second kappa shape index (κ2) is 2.23. The molecule has 1 aromatic heterocycles. The summed E-state index contributed by atoms with van der Waals surface area (Å²) < 4.78 is 4.20. The van der Waals surface area contributed by atoms with Crippen LogP contribution < -0.4 is 5.73 Å². The van der Waals surface area contributed by atoms with Gasteiger partial charge in [0.25, 0.3) is 0 Å². The molecule has 1 heterocycles. The van der Waals surface area contributed by atoms with Gasteiger partial charge in [-0.3, -0.25) is 0 Å². The molecule has 0 aromatic carbocycles. The highest BCUT2D eigenvalue weighted by molar-refractivity contribution is 7.04. The molecule has 0 spiro atoms. The maximum atomic E-state index is 5.67. The molecule has 0 bridgehead atoms. The van der Waals surface area contributed by atoms with E-state index < -0.39 is 0 Å². The van der Waals surface area contributed by atoms with E-state index in [1.54, 1.807) is 0 Å². The Morgan fingerprint density at radius 1 is 1.50 bits per heavy atom. The van der Waals surface area contributed by atoms with Gasteiger partial charge in [-0.05, 0) is 11.5 Å². The van der Waals surface area contributed by atoms with Gasteiger partial charge in [0.1, 0.15) is 0 Å². The van der Waals surface area contributed by atoms with Gasteiger partial charge < -0.3 is 5.73 Å². The Hall–Kier alpha value is -0.570. The van der Waals surface area contributed by atoms with Crippen LogP contribution in [-0.2, 0) is 5.41 Å². The van der Waals surface area contributed by atoms with Crippen molar-refractivity contribution in [2.75, 3.05) is 5.73 Å². The third kappa shape index (κ3) is 1.29. The minimum Gasteiger partial charge on any atom is -0.397 e. The van der Waals surface area contributed by atoms with E-state index in [1.165, 1.54) is 11.5 Å². The molecule has 0 amide bonds. The summed E-state index contributed by atoms with van der Waals surface area (Å²) in [6.45, 7) is 6.33. The first kappa shape index (κ1) is 7.54. The van der Waals surface area contributed by atoms with E-state index in [9.17, 15) is 0 Å². The first-order chi connectivity index (χ1) is 4.52. The van der Waals surface area contributed by atoms with Crippen LogP contribution in [0.2, 0.25) is 0 Å². The van der Waals surface area contributed by atoms with E-state index in [1.807, 2.05) is 5.38 Å². The third-order valence-electron chi connectivity index (χ3n) is 1.31. The molecule has 56 valence electrons. The zero-order valence-corrected chi connectivity index (χ0v) is 7.33. The molecule has 3 heteroatoms. The first-order valence-corrected chi connectivity index (χ1v) is 4.06. The fourth-order valence-electron chi connectivity index (χ4n) is 0.814. The van der Waals surface area contributed by atoms with Gasteiger partial charge in [-0.1, -0.05) is 20.8 Å². The molecule has 2 nitrogen and oxygen atoms in total. The van der Waals surface area contributed by atoms with Crippen LogP contribution in [0.4, 0.5) is 5.69 Å². The standard InChI is InChI=1S/C7H12N2S/c1-7(2,3)6-5(8)4-10-9-6/h4H,8H2,1-3H3. The summed E-state index contributed by atoms with van der Waals surface area (Å²) in [7, 11) is 0. The van der Waals surface area contributed by atoms with Gasteiger partial charge >= 0.3 is 0 Å². The predicted octanol–water partition coefficient (Wildman–Crippen LogP) is 2.02. The molecule has 2 N–H and O–H groups in total. The normalized spacial score (nSPS) is 11.9. The maximum Gasteiger partial charge on any atom is 0.0824 e. The first-order valence-electron chi connectivity index (χ1n) is 3.22. The molecule has 0 aliphatic carbocycles. The highest BCUT2D eigenvalue weighted by Gasteiger charge is 2.18. The summed E-state index contributed by atoms with van der Waals surface area (Å²) in [6.07, 6.45) is 0. The smallest absolute Gasteiger partial charge is 0.0824 e. The van der Waals surface area contributed by atoms with E-state index in [0.29, 0.717) is 0 Å². The van der Waals surface area contributed by atoms with Crippen molar-refractivity contribution in [3.8, 4) is 0 Å². The number of aromatic nitrogens is 1. The maximum absolute atomic E-state index is 5.67. The Bertz CT molecular complexity index is 222. The zero-order chi connectivity index (χ0) is 7.78. The topological polar surface area (TPSA) is 38.9 Å². The molecule has 10 heavy (non-hydrogen) atoms. The number of rotatable bonds is 0. The van der Waals surface area contributed by atoms with Gasteiger partial charge in [0.15, 0.2) is 0 Å². The van der Waals surface area contributed by atoms with Crippen LogP contribution in [-0.4, -0.2) is 4.37 Å². The summed E-state index contributed by atoms with van der Waals surface area (Å²) >= 11 is 1.42. The van der Waals surface area contributed by atoms with Crippen molar-refractivity contribution in [1.82, 2.24) is 4.37 Å². The molecule has 0 aliphatic rings. The molecule has 0 saturated carbocycles. The summed E-state index contributed by atoms with van der Waals surface area (Å²) in [5.74, 6) is 0. The molecule has 0 atom stereocenters. The monoisotopic (exact) mass is 156 g/mol. The highest BCUT2D eigenvalue weighted by Crippen LogP contribution is 2.27. The molecule has 0 radical (unpaired) electrons. The van der Waals surface area contributed by atoms with Gasteiger partial charge in [-0.2, -0.15) is 4.37 Å². The summed E-state index contributed by atoms with van der Waals surface area (Å²) in [4.78, 5) is 0. The highest BCUT2D eigenvalue weighted by atomic mass is 32.1. The lowest BCUT2D eigenvalue weighted by Gasteiger charge is -2.15. The third-order valence-corrected chi connectivity index (χ3v) is 1.95. The Balaban J connectivity index is 3.05. The van der Waals surface area contributed by atoms with Crippen LogP contribution in [0.3, 0.4) is 0 Å². The lowest BCUT2D eigenvalue weighted by atomic mass is 9.92. The van der Waals surface area contributed by atoms with E-state index in [2.05, 4.69) is 25.1 Å². The fourth-order valence-corrected chi connectivity index (χ4v) is 1.58. The van der Waals surface area contributed by atoms with Crippen molar-refractivity contribution in [2.24, 2.45) is 0 Å². The number of nitrogens with zero attached hydrogens (tertiary/aromatic N) is 1. The minimum atomic E-state index is 0.0874. The van der Waals surface area contributed by atoms with Crippen LogP contribution in [0.1, 0.15) is 26.5 Å². The van der Waals surface area contributed by atoms with Gasteiger partial charge in [-0.25, -0.2) is 0 Å². The number of anilines is 1. The van der Waals surface area contributed by atoms with Crippen LogP contribution in [0.15, 0.2) is 5.38 Å². The molecular weight excluding hydrogens is 144 g/mol. The Labute approximate surface area is 65.2 Å². The zero-order valence-electron chi connectivity index (χ0n) is 6.51. The van der Waals surface area contributed by atoms with E-state index in [4.69, 9.17) is 5.73 Å². The van der Waals surface area contributed by atoms with Crippen molar-refractivity contribution < 1.29 is 0 Å². The molecule has 1 aromatic rings. The Morgan fingerprint density at radius 2 is 2.10 bits per heavy atom. The molecular formula is C7H12N2S. The predicted molar refractivity (Wildman–Crippen MR) is 45.2 cm³/mol. The fraction of sp³-hybridized carbons (Fsp3) is 0.571. The van der Waals surface area contributed by atoms with E-state index >= 15 is 0 Å². The molecule has 1 rings (SSSR count). The molecule has 0 aliphatic heterocycles. The summed E-state index contributed by atoms with van der Waals surface area (Å²) in [5, 5.41) is 1.88. The molecule has 0 unspecified atom stereocenters. The van der Waals surface area contributed by atoms with Gasteiger partial charge in [0.05, 0.1) is 11.4 Å². The second-order valence-electron chi connectivity index (χ2n) is 3.37. The van der Waals surface area contributed by atoms with Crippen LogP contribution in [0, 0.1) is 0 Å². The summed E-state index contributed by atoms with van der Waals surface area (Å²) in [6, 6.07) is 0. The van der Waals surface area contributed by atoms with Gasteiger partial charge in [0.2, 0.25) is 0 Å². The second-order valence-corrected chi connectivity index (χ2v) is 4.00. The molecule has 0 saturated heterocycles. The average molecular weight is 156 g/mol. The minimum absolute atomic E-state index is 0.0874. The summed E-state index contributed by atoms with van der Waals surface area (Å²) in [5.41, 5.74) is 7.59. The Kier molecular flexibility index (Phi) is 1.68. The SMILES string of the molecule is CC(C)(C)c1nscc1N. The van der Waals surface area contributed by atoms with Crippen LogP contribution >= 0.6 is 11.5 Å². The lowest BCUT2D eigenvalue weighted by molar-refractivity contribution is 0.578. The van der Waals surface area contributed by atoms with Crippen molar-refractivity contribution in [1.29, 1.82) is 0 Å². The lowest BCUT2D eigenvalue weighted by Crippen LogP contribution is -2.13. The van der Waals surface area contributed by atoms with Gasteiger partial charge in [0, 0.05) is 10.8 Å². The van der Waals surface area contributed by atoms with Crippen molar-refractivity contribution in [2.45, 2.75) is 26.2 Å². The average Bonchev–Trinajstić information content (AvgIpc) is 2.11. The van der Waals surface area contributed by atoms with Gasteiger partial charge in [-0.15, -0.1) is 0 Å². The molecule has 0 fully saturated rings. The number of hydrogen-bond acceptors (Lipinski definition) is 3. The van der Waals surface area contributed by atoms with Crippen molar-refractivity contribution in [3.05, 3.63) is 11.1 Å². The quantitative estimate of drug-likeness (QED) is 0.624. The van der Waals surface area contributed by atoms with Crippen molar-refractivity contribution >= 4 is 17.2 Å².